The first-order valence-corrected chi connectivity index (χ1v) is 6.39. The summed E-state index contributed by atoms with van der Waals surface area (Å²) in [6, 6.07) is 12.8. The second-order valence-electron chi connectivity index (χ2n) is 4.54. The fourth-order valence-corrected chi connectivity index (χ4v) is 1.95. The topological polar surface area (TPSA) is 64.3 Å². The number of hydrogen-bond donors (Lipinski definition) is 2. The molecule has 0 radical (unpaired) electrons. The van der Waals surface area contributed by atoms with Crippen LogP contribution in [-0.4, -0.2) is 13.0 Å². The molecule has 0 fully saturated rings. The van der Waals surface area contributed by atoms with Crippen LogP contribution in [0.5, 0.6) is 5.75 Å². The van der Waals surface area contributed by atoms with Gasteiger partial charge in [0, 0.05) is 17.8 Å². The molecule has 0 spiro atoms. The lowest BCUT2D eigenvalue weighted by Crippen LogP contribution is -2.12. The van der Waals surface area contributed by atoms with Gasteiger partial charge in [0.05, 0.1) is 7.11 Å². The van der Waals surface area contributed by atoms with Gasteiger partial charge in [-0.05, 0) is 48.4 Å². The predicted octanol–water partition coefficient (Wildman–Crippen LogP) is 2.71. The molecule has 0 atom stereocenters. The summed E-state index contributed by atoms with van der Waals surface area (Å²) in [4.78, 5) is 12.1. The molecule has 0 unspecified atom stereocenters. The van der Waals surface area contributed by atoms with Gasteiger partial charge in [0.1, 0.15) is 5.75 Å². The van der Waals surface area contributed by atoms with Gasteiger partial charge in [-0.25, -0.2) is 0 Å². The van der Waals surface area contributed by atoms with Gasteiger partial charge in [0.2, 0.25) is 0 Å². The zero-order chi connectivity index (χ0) is 14.5. The van der Waals surface area contributed by atoms with E-state index in [1.165, 1.54) is 0 Å². The summed E-state index contributed by atoms with van der Waals surface area (Å²) < 4.78 is 5.18. The molecule has 4 nitrogen and oxygen atoms in total. The van der Waals surface area contributed by atoms with E-state index in [0.717, 1.165) is 22.6 Å². The van der Waals surface area contributed by atoms with Crippen LogP contribution in [0.1, 0.15) is 21.5 Å². The molecule has 3 N–H and O–H groups in total. The average molecular weight is 270 g/mol. The first-order valence-electron chi connectivity index (χ1n) is 6.39. The number of ether oxygens (including phenoxy) is 1. The number of methoxy groups -OCH3 is 1. The zero-order valence-corrected chi connectivity index (χ0v) is 11.6. The third-order valence-electron chi connectivity index (χ3n) is 3.10. The van der Waals surface area contributed by atoms with Gasteiger partial charge < -0.3 is 15.8 Å². The maximum atomic E-state index is 12.1. The second kappa shape index (κ2) is 6.21. The minimum atomic E-state index is -0.142. The van der Waals surface area contributed by atoms with Crippen molar-refractivity contribution in [2.24, 2.45) is 5.73 Å². The lowest BCUT2D eigenvalue weighted by Gasteiger charge is -2.09. The van der Waals surface area contributed by atoms with E-state index in [1.807, 2.05) is 37.3 Å². The summed E-state index contributed by atoms with van der Waals surface area (Å²) in [6.07, 6.45) is 0. The molecule has 0 aromatic heterocycles. The summed E-state index contributed by atoms with van der Waals surface area (Å²) in [7, 11) is 1.61. The predicted molar refractivity (Wildman–Crippen MR) is 80.0 cm³/mol. The highest BCUT2D eigenvalue weighted by molar-refractivity contribution is 6.04. The zero-order valence-electron chi connectivity index (χ0n) is 11.6. The lowest BCUT2D eigenvalue weighted by atomic mass is 10.1. The highest BCUT2D eigenvalue weighted by atomic mass is 16.5. The van der Waals surface area contributed by atoms with E-state index < -0.39 is 0 Å². The van der Waals surface area contributed by atoms with Crippen molar-refractivity contribution in [3.8, 4) is 5.75 Å². The molecular weight excluding hydrogens is 252 g/mol. The molecule has 104 valence electrons. The van der Waals surface area contributed by atoms with Crippen LogP contribution >= 0.6 is 0 Å². The van der Waals surface area contributed by atoms with E-state index in [2.05, 4.69) is 5.32 Å². The molecule has 4 heteroatoms. The minimum absolute atomic E-state index is 0.142. The van der Waals surface area contributed by atoms with Crippen molar-refractivity contribution in [1.29, 1.82) is 0 Å². The summed E-state index contributed by atoms with van der Waals surface area (Å²) in [6.45, 7) is 2.40. The van der Waals surface area contributed by atoms with Crippen LogP contribution in [0.2, 0.25) is 0 Å². The Bertz CT molecular complexity index is 606. The Balaban J connectivity index is 2.12. The van der Waals surface area contributed by atoms with E-state index in [4.69, 9.17) is 10.5 Å². The van der Waals surface area contributed by atoms with Crippen molar-refractivity contribution < 1.29 is 9.53 Å². The van der Waals surface area contributed by atoms with E-state index >= 15 is 0 Å². The Morgan fingerprint density at radius 3 is 2.45 bits per heavy atom. The van der Waals surface area contributed by atoms with Crippen LogP contribution in [-0.2, 0) is 6.54 Å². The van der Waals surface area contributed by atoms with Crippen molar-refractivity contribution in [1.82, 2.24) is 0 Å². The molecule has 2 aromatic carbocycles. The normalized spacial score (nSPS) is 10.2. The number of nitrogens with two attached hydrogens (primary N) is 1. The first-order chi connectivity index (χ1) is 9.63. The summed E-state index contributed by atoms with van der Waals surface area (Å²) in [5.41, 5.74) is 8.85. The number of anilines is 1. The quantitative estimate of drug-likeness (QED) is 0.897. The number of amides is 1. The summed E-state index contributed by atoms with van der Waals surface area (Å²) >= 11 is 0. The standard InChI is InChI=1S/C16H18N2O2/c1-11-9-13(5-8-15(11)20-2)16(19)18-14-6-3-12(10-17)4-7-14/h3-9H,10,17H2,1-2H3,(H,18,19). The number of benzene rings is 2. The average Bonchev–Trinajstić information content (AvgIpc) is 2.48. The number of carbonyl (C=O) groups is 1. The van der Waals surface area contributed by atoms with Crippen molar-refractivity contribution >= 4 is 11.6 Å². The van der Waals surface area contributed by atoms with Gasteiger partial charge in [0.15, 0.2) is 0 Å². The van der Waals surface area contributed by atoms with Crippen LogP contribution in [0.3, 0.4) is 0 Å². The van der Waals surface area contributed by atoms with Crippen LogP contribution in [0.4, 0.5) is 5.69 Å². The van der Waals surface area contributed by atoms with E-state index in [0.29, 0.717) is 12.1 Å². The lowest BCUT2D eigenvalue weighted by molar-refractivity contribution is 0.102. The van der Waals surface area contributed by atoms with Gasteiger partial charge in [-0.15, -0.1) is 0 Å². The van der Waals surface area contributed by atoms with Gasteiger partial charge in [0.25, 0.3) is 5.91 Å². The third kappa shape index (κ3) is 3.16. The van der Waals surface area contributed by atoms with Gasteiger partial charge >= 0.3 is 0 Å². The Kier molecular flexibility index (Phi) is 4.38. The maximum absolute atomic E-state index is 12.1. The van der Waals surface area contributed by atoms with E-state index in [1.54, 1.807) is 19.2 Å². The van der Waals surface area contributed by atoms with Gasteiger partial charge in [-0.2, -0.15) is 0 Å². The fraction of sp³-hybridized carbons (Fsp3) is 0.188. The molecule has 0 aliphatic rings. The third-order valence-corrected chi connectivity index (χ3v) is 3.10. The SMILES string of the molecule is COc1ccc(C(=O)Nc2ccc(CN)cc2)cc1C. The van der Waals surface area contributed by atoms with E-state index in [9.17, 15) is 4.79 Å². The number of hydrogen-bond acceptors (Lipinski definition) is 3. The molecule has 0 saturated heterocycles. The molecule has 2 aromatic rings. The number of nitrogens with one attached hydrogen (secondary N) is 1. The molecular formula is C16H18N2O2. The van der Waals surface area contributed by atoms with Gasteiger partial charge in [-0.3, -0.25) is 4.79 Å². The molecule has 0 saturated carbocycles. The molecule has 0 heterocycles. The van der Waals surface area contributed by atoms with Crippen LogP contribution in [0.25, 0.3) is 0 Å². The highest BCUT2D eigenvalue weighted by Gasteiger charge is 2.08. The van der Waals surface area contributed by atoms with Crippen LogP contribution < -0.4 is 15.8 Å². The Morgan fingerprint density at radius 1 is 1.20 bits per heavy atom. The van der Waals surface area contributed by atoms with Crippen molar-refractivity contribution in [2.45, 2.75) is 13.5 Å². The van der Waals surface area contributed by atoms with Crippen molar-refractivity contribution in [2.75, 3.05) is 12.4 Å². The smallest absolute Gasteiger partial charge is 0.255 e. The number of carbonyl (C=O) groups excluding carboxylic acids is 1. The molecule has 1 amide bonds. The van der Waals surface area contributed by atoms with Crippen molar-refractivity contribution in [3.05, 3.63) is 59.2 Å². The molecule has 0 aliphatic heterocycles. The molecule has 2 rings (SSSR count). The summed E-state index contributed by atoms with van der Waals surface area (Å²) in [5.74, 6) is 0.630. The fourth-order valence-electron chi connectivity index (χ4n) is 1.95. The van der Waals surface area contributed by atoms with Gasteiger partial charge in [-0.1, -0.05) is 12.1 Å². The molecule has 0 bridgehead atoms. The largest absolute Gasteiger partial charge is 0.496 e. The highest BCUT2D eigenvalue weighted by Crippen LogP contribution is 2.19. The number of aryl methyl sites for hydroxylation is 1. The first kappa shape index (κ1) is 14.1. The summed E-state index contributed by atoms with van der Waals surface area (Å²) in [5, 5.41) is 2.85. The Hall–Kier alpha value is -2.33. The minimum Gasteiger partial charge on any atom is -0.496 e. The molecule has 0 aliphatic carbocycles. The maximum Gasteiger partial charge on any atom is 0.255 e. The van der Waals surface area contributed by atoms with Crippen molar-refractivity contribution in [3.63, 3.8) is 0 Å². The van der Waals surface area contributed by atoms with Crippen LogP contribution in [0, 0.1) is 6.92 Å². The second-order valence-corrected chi connectivity index (χ2v) is 4.54. The number of rotatable bonds is 4. The van der Waals surface area contributed by atoms with E-state index in [-0.39, 0.29) is 5.91 Å². The monoisotopic (exact) mass is 270 g/mol. The Labute approximate surface area is 118 Å². The van der Waals surface area contributed by atoms with Crippen LogP contribution in [0.15, 0.2) is 42.5 Å². The Morgan fingerprint density at radius 2 is 1.90 bits per heavy atom. The molecule has 20 heavy (non-hydrogen) atoms.